The molecular formula is C18H14Cl2O2S. The van der Waals surface area contributed by atoms with Crippen LogP contribution in [0.5, 0.6) is 0 Å². The van der Waals surface area contributed by atoms with Gasteiger partial charge in [0.15, 0.2) is 5.78 Å². The zero-order valence-corrected chi connectivity index (χ0v) is 14.7. The van der Waals surface area contributed by atoms with Crippen molar-refractivity contribution in [3.63, 3.8) is 0 Å². The Morgan fingerprint density at radius 1 is 1.00 bits per heavy atom. The number of carbonyl (C=O) groups excluding carboxylic acids is 2. The molecule has 0 radical (unpaired) electrons. The number of Topliss-reactive ketones (excluding diaryl/α,β-unsaturated/α-hetero) is 1. The first-order chi connectivity index (χ1) is 11.0. The van der Waals surface area contributed by atoms with Gasteiger partial charge in [-0.3, -0.25) is 9.59 Å². The summed E-state index contributed by atoms with van der Waals surface area (Å²) in [5, 5.41) is 0.495. The molecule has 2 aromatic carbocycles. The quantitative estimate of drug-likeness (QED) is 0.421. The lowest BCUT2D eigenvalue weighted by molar-refractivity contribution is -0.117. The van der Waals surface area contributed by atoms with Crippen LogP contribution >= 0.6 is 35.0 Å². The van der Waals surface area contributed by atoms with E-state index in [9.17, 15) is 9.59 Å². The molecule has 0 aliphatic rings. The lowest BCUT2D eigenvalue weighted by atomic mass is 10.0. The molecule has 0 aliphatic carbocycles. The smallest absolute Gasteiger partial charge is 0.222 e. The van der Waals surface area contributed by atoms with Crippen molar-refractivity contribution in [2.45, 2.75) is 6.42 Å². The number of halogens is 2. The normalized spacial score (nSPS) is 11.3. The predicted molar refractivity (Wildman–Crippen MR) is 98.1 cm³/mol. The topological polar surface area (TPSA) is 34.1 Å². The molecule has 5 heteroatoms. The highest BCUT2D eigenvalue weighted by Gasteiger charge is 2.19. The lowest BCUT2D eigenvalue weighted by Crippen LogP contribution is -2.12. The van der Waals surface area contributed by atoms with E-state index < -0.39 is 0 Å². The molecule has 0 saturated carbocycles. The zero-order chi connectivity index (χ0) is 16.8. The lowest BCUT2D eigenvalue weighted by Gasteiger charge is -2.07. The predicted octanol–water partition coefficient (Wildman–Crippen LogP) is 5.08. The first-order valence-corrected chi connectivity index (χ1v) is 8.82. The van der Waals surface area contributed by atoms with Crippen molar-refractivity contribution in [1.29, 1.82) is 0 Å². The monoisotopic (exact) mass is 364 g/mol. The maximum Gasteiger partial charge on any atom is 0.222 e. The number of rotatable bonds is 5. The van der Waals surface area contributed by atoms with Gasteiger partial charge in [0.2, 0.25) is 5.12 Å². The molecule has 0 unspecified atom stereocenters. The number of thioether (sulfide) groups is 1. The van der Waals surface area contributed by atoms with Crippen molar-refractivity contribution < 1.29 is 9.59 Å². The van der Waals surface area contributed by atoms with Gasteiger partial charge in [-0.15, -0.1) is 0 Å². The highest BCUT2D eigenvalue weighted by molar-refractivity contribution is 8.13. The minimum absolute atomic E-state index is 0.0938. The maximum absolute atomic E-state index is 12.6. The van der Waals surface area contributed by atoms with E-state index in [1.165, 1.54) is 6.08 Å². The van der Waals surface area contributed by atoms with E-state index in [-0.39, 0.29) is 22.9 Å². The molecule has 0 amide bonds. The summed E-state index contributed by atoms with van der Waals surface area (Å²) in [5.41, 5.74) is 1.42. The SMILES string of the molecule is CSC(=O)/C(=C\c1c(Cl)cccc1Cl)C(=O)Cc1ccccc1. The van der Waals surface area contributed by atoms with E-state index in [4.69, 9.17) is 23.2 Å². The maximum atomic E-state index is 12.6. The summed E-state index contributed by atoms with van der Waals surface area (Å²) in [5.74, 6) is -0.258. The molecule has 0 aliphatic heterocycles. The second kappa shape index (κ2) is 8.34. The molecule has 0 aromatic heterocycles. The van der Waals surface area contributed by atoms with Crippen LogP contribution in [0.2, 0.25) is 10.0 Å². The Bertz CT molecular complexity index is 735. The third-order valence-corrected chi connectivity index (χ3v) is 4.45. The van der Waals surface area contributed by atoms with Crippen LogP contribution in [0.15, 0.2) is 54.1 Å². The van der Waals surface area contributed by atoms with Crippen LogP contribution in [0.25, 0.3) is 6.08 Å². The van der Waals surface area contributed by atoms with Crippen molar-refractivity contribution in [3.8, 4) is 0 Å². The van der Waals surface area contributed by atoms with Gasteiger partial charge in [0.25, 0.3) is 0 Å². The van der Waals surface area contributed by atoms with Gasteiger partial charge in [-0.1, -0.05) is 71.4 Å². The third kappa shape index (κ3) is 4.71. The summed E-state index contributed by atoms with van der Waals surface area (Å²) in [6.45, 7) is 0. The fourth-order valence-electron chi connectivity index (χ4n) is 2.03. The highest BCUT2D eigenvalue weighted by atomic mass is 35.5. The van der Waals surface area contributed by atoms with E-state index in [2.05, 4.69) is 0 Å². The Balaban J connectivity index is 2.39. The van der Waals surface area contributed by atoms with Crippen LogP contribution in [0.1, 0.15) is 11.1 Å². The molecule has 2 aromatic rings. The molecule has 0 atom stereocenters. The van der Waals surface area contributed by atoms with E-state index in [0.717, 1.165) is 17.3 Å². The van der Waals surface area contributed by atoms with Crippen molar-refractivity contribution in [3.05, 3.63) is 75.3 Å². The summed E-state index contributed by atoms with van der Waals surface area (Å²) >= 11 is 13.2. The van der Waals surface area contributed by atoms with Gasteiger partial charge in [0, 0.05) is 22.0 Å². The summed E-state index contributed by atoms with van der Waals surface area (Å²) in [6, 6.07) is 14.3. The van der Waals surface area contributed by atoms with E-state index in [1.807, 2.05) is 30.3 Å². The average Bonchev–Trinajstić information content (AvgIpc) is 2.54. The fraction of sp³-hybridized carbons (Fsp3) is 0.111. The van der Waals surface area contributed by atoms with Gasteiger partial charge in [-0.2, -0.15) is 0 Å². The number of ketones is 1. The summed E-state index contributed by atoms with van der Waals surface area (Å²) in [7, 11) is 0. The van der Waals surface area contributed by atoms with Gasteiger partial charge in [-0.25, -0.2) is 0 Å². The molecule has 118 valence electrons. The molecule has 0 heterocycles. The minimum Gasteiger partial charge on any atom is -0.294 e. The Morgan fingerprint density at radius 2 is 1.61 bits per heavy atom. The Morgan fingerprint density at radius 3 is 2.17 bits per heavy atom. The van der Waals surface area contributed by atoms with Gasteiger partial charge in [0.1, 0.15) is 0 Å². The first kappa shape index (κ1) is 17.8. The van der Waals surface area contributed by atoms with Gasteiger partial charge in [0.05, 0.1) is 5.57 Å². The Kier molecular flexibility index (Phi) is 6.46. The second-order valence-corrected chi connectivity index (χ2v) is 6.36. The second-order valence-electron chi connectivity index (χ2n) is 4.77. The Labute approximate surface area is 149 Å². The summed E-state index contributed by atoms with van der Waals surface area (Å²) < 4.78 is 0. The summed E-state index contributed by atoms with van der Waals surface area (Å²) in [4.78, 5) is 24.7. The van der Waals surface area contributed by atoms with Crippen LogP contribution in [-0.2, 0) is 16.0 Å². The van der Waals surface area contributed by atoms with Crippen molar-refractivity contribution >= 4 is 51.9 Å². The van der Waals surface area contributed by atoms with Crippen LogP contribution in [0, 0.1) is 0 Å². The molecule has 2 rings (SSSR count). The molecule has 2 nitrogen and oxygen atoms in total. The van der Waals surface area contributed by atoms with Gasteiger partial charge < -0.3 is 0 Å². The molecular weight excluding hydrogens is 351 g/mol. The number of hydrogen-bond donors (Lipinski definition) is 0. The van der Waals surface area contributed by atoms with Crippen LogP contribution in [0.3, 0.4) is 0 Å². The largest absolute Gasteiger partial charge is 0.294 e. The van der Waals surface area contributed by atoms with E-state index in [0.29, 0.717) is 15.6 Å². The zero-order valence-electron chi connectivity index (χ0n) is 12.4. The van der Waals surface area contributed by atoms with Crippen molar-refractivity contribution in [2.24, 2.45) is 0 Å². The standard InChI is InChI=1S/C18H14Cl2O2S/c1-23-18(22)14(11-13-15(19)8-5-9-16(13)20)17(21)10-12-6-3-2-4-7-12/h2-9,11H,10H2,1H3/b14-11-. The summed E-state index contributed by atoms with van der Waals surface area (Å²) in [6.07, 6.45) is 3.27. The van der Waals surface area contributed by atoms with Gasteiger partial charge in [-0.05, 0) is 30.0 Å². The van der Waals surface area contributed by atoms with E-state index in [1.54, 1.807) is 24.5 Å². The molecule has 23 heavy (non-hydrogen) atoms. The van der Waals surface area contributed by atoms with Crippen LogP contribution in [-0.4, -0.2) is 17.2 Å². The number of hydrogen-bond acceptors (Lipinski definition) is 3. The van der Waals surface area contributed by atoms with E-state index >= 15 is 0 Å². The van der Waals surface area contributed by atoms with Crippen molar-refractivity contribution in [2.75, 3.05) is 6.26 Å². The molecule has 0 fully saturated rings. The van der Waals surface area contributed by atoms with Crippen LogP contribution in [0.4, 0.5) is 0 Å². The average molecular weight is 365 g/mol. The van der Waals surface area contributed by atoms with Crippen LogP contribution < -0.4 is 0 Å². The number of carbonyl (C=O) groups is 2. The highest BCUT2D eigenvalue weighted by Crippen LogP contribution is 2.28. The van der Waals surface area contributed by atoms with Crippen molar-refractivity contribution in [1.82, 2.24) is 0 Å². The molecule has 0 N–H and O–H groups in total. The van der Waals surface area contributed by atoms with Gasteiger partial charge >= 0.3 is 0 Å². The molecule has 0 saturated heterocycles. The Hall–Kier alpha value is -1.55. The first-order valence-electron chi connectivity index (χ1n) is 6.84. The third-order valence-electron chi connectivity index (χ3n) is 3.20. The fourth-order valence-corrected chi connectivity index (χ4v) is 2.93. The molecule has 0 spiro atoms. The number of benzene rings is 2. The molecule has 0 bridgehead atoms. The minimum atomic E-state index is -0.304.